The lowest BCUT2D eigenvalue weighted by molar-refractivity contribution is -0.122. The van der Waals surface area contributed by atoms with Gasteiger partial charge in [-0.1, -0.05) is 42.0 Å². The molecular weight excluding hydrogens is 304 g/mol. The SMILES string of the molecule is CC1=CCC(/C=N/NC(=O)Cn2nnc(-c3ccccc3)n2)CC1. The number of hydrogen-bond donors (Lipinski definition) is 1. The molecule has 0 saturated heterocycles. The summed E-state index contributed by atoms with van der Waals surface area (Å²) in [6.07, 6.45) is 7.19. The van der Waals surface area contributed by atoms with Gasteiger partial charge in [-0.15, -0.1) is 10.2 Å². The second-order valence-electron chi connectivity index (χ2n) is 5.91. The number of hydrazone groups is 1. The molecule has 0 bridgehead atoms. The predicted molar refractivity (Wildman–Crippen MR) is 91.0 cm³/mol. The first kappa shape index (κ1) is 16.0. The summed E-state index contributed by atoms with van der Waals surface area (Å²) in [5.74, 6) is 0.616. The van der Waals surface area contributed by atoms with Crippen molar-refractivity contribution in [3.8, 4) is 11.4 Å². The Morgan fingerprint density at radius 3 is 3.00 bits per heavy atom. The number of aromatic nitrogens is 4. The number of rotatable bonds is 5. The topological polar surface area (TPSA) is 85.1 Å². The van der Waals surface area contributed by atoms with Crippen LogP contribution in [0.2, 0.25) is 0 Å². The number of nitrogens with zero attached hydrogens (tertiary/aromatic N) is 5. The van der Waals surface area contributed by atoms with Crippen LogP contribution >= 0.6 is 0 Å². The summed E-state index contributed by atoms with van der Waals surface area (Å²) in [5.41, 5.74) is 4.81. The summed E-state index contributed by atoms with van der Waals surface area (Å²) >= 11 is 0. The van der Waals surface area contributed by atoms with Gasteiger partial charge < -0.3 is 0 Å². The molecule has 1 unspecified atom stereocenters. The Morgan fingerprint density at radius 1 is 1.42 bits per heavy atom. The predicted octanol–water partition coefficient (Wildman–Crippen LogP) is 2.19. The molecule has 3 rings (SSSR count). The summed E-state index contributed by atoms with van der Waals surface area (Å²) in [5, 5.41) is 16.1. The average molecular weight is 324 g/mol. The van der Waals surface area contributed by atoms with Crippen molar-refractivity contribution in [2.45, 2.75) is 32.7 Å². The molecule has 1 heterocycles. The van der Waals surface area contributed by atoms with Gasteiger partial charge in [0.2, 0.25) is 5.82 Å². The number of tetrazole rings is 1. The Balaban J connectivity index is 1.50. The molecule has 24 heavy (non-hydrogen) atoms. The fourth-order valence-corrected chi connectivity index (χ4v) is 2.51. The summed E-state index contributed by atoms with van der Waals surface area (Å²) < 4.78 is 0. The van der Waals surface area contributed by atoms with E-state index in [9.17, 15) is 4.79 Å². The molecule has 0 saturated carbocycles. The van der Waals surface area contributed by atoms with Gasteiger partial charge in [0, 0.05) is 11.8 Å². The zero-order chi connectivity index (χ0) is 16.8. The van der Waals surface area contributed by atoms with Gasteiger partial charge in [-0.25, -0.2) is 5.43 Å². The highest BCUT2D eigenvalue weighted by Crippen LogP contribution is 2.21. The lowest BCUT2D eigenvalue weighted by Gasteiger charge is -2.15. The second-order valence-corrected chi connectivity index (χ2v) is 5.91. The fraction of sp³-hybridized carbons (Fsp3) is 0.353. The van der Waals surface area contributed by atoms with Crippen LogP contribution in [0.25, 0.3) is 11.4 Å². The van der Waals surface area contributed by atoms with Crippen LogP contribution in [0.15, 0.2) is 47.1 Å². The molecular formula is C17H20N6O. The number of allylic oxidation sites excluding steroid dienone is 2. The standard InChI is InChI=1S/C17H20N6O/c1-13-7-9-14(10-8-13)11-18-19-16(24)12-23-21-17(20-22-23)15-5-3-2-4-6-15/h2-7,11,14H,8-10,12H2,1H3,(H,19,24)/b18-11+. The van der Waals surface area contributed by atoms with Gasteiger partial charge in [0.1, 0.15) is 6.54 Å². The third-order valence-corrected chi connectivity index (χ3v) is 3.92. The van der Waals surface area contributed by atoms with Gasteiger partial charge in [0.05, 0.1) is 0 Å². The van der Waals surface area contributed by atoms with Crippen molar-refractivity contribution in [1.82, 2.24) is 25.6 Å². The van der Waals surface area contributed by atoms with E-state index in [-0.39, 0.29) is 12.5 Å². The molecule has 1 aromatic carbocycles. The van der Waals surface area contributed by atoms with E-state index in [1.54, 1.807) is 0 Å². The third kappa shape index (κ3) is 4.34. The Labute approximate surface area is 140 Å². The molecule has 2 aromatic rings. The molecule has 0 radical (unpaired) electrons. The van der Waals surface area contributed by atoms with E-state index in [4.69, 9.17) is 0 Å². The average Bonchev–Trinajstić information content (AvgIpc) is 3.06. The molecule has 1 aliphatic carbocycles. The molecule has 0 fully saturated rings. The molecule has 1 aliphatic rings. The fourth-order valence-electron chi connectivity index (χ4n) is 2.51. The molecule has 1 amide bonds. The highest BCUT2D eigenvalue weighted by molar-refractivity contribution is 5.76. The molecule has 0 aliphatic heterocycles. The molecule has 1 aromatic heterocycles. The van der Waals surface area contributed by atoms with E-state index in [1.165, 1.54) is 10.4 Å². The molecule has 1 atom stereocenters. The lowest BCUT2D eigenvalue weighted by Crippen LogP contribution is -2.25. The summed E-state index contributed by atoms with van der Waals surface area (Å²) in [4.78, 5) is 13.2. The first-order valence-electron chi connectivity index (χ1n) is 8.01. The van der Waals surface area contributed by atoms with Crippen LogP contribution in [0.3, 0.4) is 0 Å². The number of carbonyl (C=O) groups excluding carboxylic acids is 1. The highest BCUT2D eigenvalue weighted by Gasteiger charge is 2.11. The van der Waals surface area contributed by atoms with E-state index in [0.29, 0.717) is 11.7 Å². The highest BCUT2D eigenvalue weighted by atomic mass is 16.2. The van der Waals surface area contributed by atoms with Crippen molar-refractivity contribution in [3.05, 3.63) is 42.0 Å². The van der Waals surface area contributed by atoms with E-state index in [1.807, 2.05) is 36.5 Å². The van der Waals surface area contributed by atoms with Crippen LogP contribution in [0.1, 0.15) is 26.2 Å². The van der Waals surface area contributed by atoms with Crippen LogP contribution in [0, 0.1) is 5.92 Å². The number of carbonyl (C=O) groups is 1. The number of hydrogen-bond acceptors (Lipinski definition) is 5. The summed E-state index contributed by atoms with van der Waals surface area (Å²) in [6, 6.07) is 9.51. The Bertz CT molecular complexity index is 749. The van der Waals surface area contributed by atoms with E-state index >= 15 is 0 Å². The van der Waals surface area contributed by atoms with Gasteiger partial charge in [-0.3, -0.25) is 4.79 Å². The van der Waals surface area contributed by atoms with Crippen molar-refractivity contribution < 1.29 is 4.79 Å². The maximum atomic E-state index is 11.9. The zero-order valence-corrected chi connectivity index (χ0v) is 13.6. The summed E-state index contributed by atoms with van der Waals surface area (Å²) in [6.45, 7) is 2.13. The van der Waals surface area contributed by atoms with Crippen LogP contribution < -0.4 is 5.43 Å². The Hall–Kier alpha value is -2.83. The van der Waals surface area contributed by atoms with Gasteiger partial charge in [0.25, 0.3) is 5.91 Å². The minimum Gasteiger partial charge on any atom is -0.271 e. The van der Waals surface area contributed by atoms with Crippen molar-refractivity contribution in [1.29, 1.82) is 0 Å². The van der Waals surface area contributed by atoms with Crippen molar-refractivity contribution in [2.24, 2.45) is 11.0 Å². The second kappa shape index (κ2) is 7.63. The molecule has 7 nitrogen and oxygen atoms in total. The van der Waals surface area contributed by atoms with Gasteiger partial charge in [-0.05, 0) is 37.3 Å². The maximum Gasteiger partial charge on any atom is 0.263 e. The Morgan fingerprint density at radius 2 is 2.25 bits per heavy atom. The zero-order valence-electron chi connectivity index (χ0n) is 13.6. The molecule has 1 N–H and O–H groups in total. The Kier molecular flexibility index (Phi) is 5.10. The number of benzene rings is 1. The van der Waals surface area contributed by atoms with Gasteiger partial charge in [0.15, 0.2) is 0 Å². The van der Waals surface area contributed by atoms with Crippen LogP contribution in [-0.2, 0) is 11.3 Å². The largest absolute Gasteiger partial charge is 0.271 e. The van der Waals surface area contributed by atoms with Crippen LogP contribution in [0.4, 0.5) is 0 Å². The third-order valence-electron chi connectivity index (χ3n) is 3.92. The normalized spacial score (nSPS) is 17.7. The quantitative estimate of drug-likeness (QED) is 0.519. The van der Waals surface area contributed by atoms with Crippen molar-refractivity contribution >= 4 is 12.1 Å². The van der Waals surface area contributed by atoms with Gasteiger partial charge in [-0.2, -0.15) is 9.90 Å². The van der Waals surface area contributed by atoms with Crippen molar-refractivity contribution in [2.75, 3.05) is 0 Å². The number of nitrogens with one attached hydrogen (secondary N) is 1. The minimum absolute atomic E-state index is 0.0130. The smallest absolute Gasteiger partial charge is 0.263 e. The molecule has 0 spiro atoms. The lowest BCUT2D eigenvalue weighted by atomic mass is 9.91. The van der Waals surface area contributed by atoms with E-state index in [0.717, 1.165) is 24.8 Å². The van der Waals surface area contributed by atoms with Crippen molar-refractivity contribution in [3.63, 3.8) is 0 Å². The molecule has 124 valence electrons. The first-order valence-corrected chi connectivity index (χ1v) is 8.01. The van der Waals surface area contributed by atoms with E-state index < -0.39 is 0 Å². The number of amides is 1. The maximum absolute atomic E-state index is 11.9. The van der Waals surface area contributed by atoms with E-state index in [2.05, 4.69) is 38.9 Å². The van der Waals surface area contributed by atoms with Gasteiger partial charge >= 0.3 is 0 Å². The first-order chi connectivity index (χ1) is 11.7. The van der Waals surface area contributed by atoms with Crippen LogP contribution in [0.5, 0.6) is 0 Å². The van der Waals surface area contributed by atoms with Crippen LogP contribution in [-0.4, -0.2) is 32.3 Å². The minimum atomic E-state index is -0.272. The monoisotopic (exact) mass is 324 g/mol. The summed E-state index contributed by atoms with van der Waals surface area (Å²) in [7, 11) is 0. The molecule has 7 heteroatoms.